The van der Waals surface area contributed by atoms with Crippen LogP contribution in [0.1, 0.15) is 15.9 Å². The van der Waals surface area contributed by atoms with Gasteiger partial charge in [0.25, 0.3) is 5.91 Å². The first kappa shape index (κ1) is 14.2. The molecule has 0 radical (unpaired) electrons. The molecule has 0 aliphatic carbocycles. The highest BCUT2D eigenvalue weighted by Crippen LogP contribution is 2.30. The van der Waals surface area contributed by atoms with Crippen molar-refractivity contribution in [3.8, 4) is 0 Å². The van der Waals surface area contributed by atoms with Crippen LogP contribution < -0.4 is 0 Å². The number of carbonyl (C=O) groups excluding carboxylic acids is 1. The summed E-state index contributed by atoms with van der Waals surface area (Å²) >= 11 is 0. The molecule has 1 N–H and O–H groups in total. The van der Waals surface area contributed by atoms with E-state index < -0.39 is 0 Å². The van der Waals surface area contributed by atoms with Gasteiger partial charge in [0.2, 0.25) is 0 Å². The number of fused-ring (bicyclic) bond motifs is 3. The van der Waals surface area contributed by atoms with Gasteiger partial charge in [-0.05, 0) is 36.8 Å². The predicted octanol–water partition coefficient (Wildman–Crippen LogP) is 3.24. The molecule has 1 aromatic heterocycles. The van der Waals surface area contributed by atoms with Crippen molar-refractivity contribution in [2.24, 2.45) is 0 Å². The van der Waals surface area contributed by atoms with Gasteiger partial charge in [-0.15, -0.1) is 0 Å². The van der Waals surface area contributed by atoms with Crippen molar-refractivity contribution < 1.29 is 13.9 Å². The van der Waals surface area contributed by atoms with E-state index in [0.717, 1.165) is 22.0 Å². The van der Waals surface area contributed by atoms with Gasteiger partial charge in [-0.3, -0.25) is 4.79 Å². The van der Waals surface area contributed by atoms with Crippen LogP contribution in [0.25, 0.3) is 21.8 Å². The molecule has 1 aliphatic heterocycles. The lowest BCUT2D eigenvalue weighted by atomic mass is 10.1. The second-order valence-electron chi connectivity index (χ2n) is 5.90. The number of carbonyl (C=O) groups is 1. The molecule has 23 heavy (non-hydrogen) atoms. The van der Waals surface area contributed by atoms with Gasteiger partial charge in [0, 0.05) is 34.9 Å². The zero-order valence-corrected chi connectivity index (χ0v) is 12.9. The van der Waals surface area contributed by atoms with Gasteiger partial charge in [0.1, 0.15) is 5.82 Å². The maximum Gasteiger partial charge on any atom is 0.254 e. The second-order valence-corrected chi connectivity index (χ2v) is 5.90. The Morgan fingerprint density at radius 3 is 2.78 bits per heavy atom. The maximum absolute atomic E-state index is 14.3. The van der Waals surface area contributed by atoms with E-state index in [1.54, 1.807) is 23.1 Å². The number of halogens is 1. The number of benzene rings is 2. The number of H-pyrrole nitrogens is 1. The van der Waals surface area contributed by atoms with Crippen LogP contribution in [0.15, 0.2) is 30.3 Å². The van der Waals surface area contributed by atoms with Crippen LogP contribution in [0, 0.1) is 12.7 Å². The minimum Gasteiger partial charge on any atom is -0.378 e. The fourth-order valence-electron chi connectivity index (χ4n) is 3.18. The Morgan fingerprint density at radius 2 is 2.00 bits per heavy atom. The molecule has 118 valence electrons. The van der Waals surface area contributed by atoms with Crippen LogP contribution in [-0.2, 0) is 4.74 Å². The van der Waals surface area contributed by atoms with E-state index in [9.17, 15) is 9.18 Å². The molecule has 4 nitrogen and oxygen atoms in total. The van der Waals surface area contributed by atoms with Crippen molar-refractivity contribution >= 4 is 27.7 Å². The number of hydrogen-bond donors (Lipinski definition) is 1. The summed E-state index contributed by atoms with van der Waals surface area (Å²) in [5, 5.41) is 1.30. The van der Waals surface area contributed by atoms with Gasteiger partial charge in [-0.1, -0.05) is 6.07 Å². The standard InChI is InChI=1S/C18H17FN2O2/c1-11-2-4-14(19)16-13-10-12(3-5-15(13)20-17(11)16)18(22)21-6-8-23-9-7-21/h2-5,10,20H,6-9H2,1H3. The molecule has 2 aromatic carbocycles. The van der Waals surface area contributed by atoms with Crippen molar-refractivity contribution in [2.45, 2.75) is 6.92 Å². The van der Waals surface area contributed by atoms with Crippen molar-refractivity contribution in [1.82, 2.24) is 9.88 Å². The normalized spacial score (nSPS) is 15.5. The first-order valence-electron chi connectivity index (χ1n) is 7.73. The van der Waals surface area contributed by atoms with E-state index >= 15 is 0 Å². The van der Waals surface area contributed by atoms with Crippen molar-refractivity contribution in [3.05, 3.63) is 47.3 Å². The lowest BCUT2D eigenvalue weighted by molar-refractivity contribution is 0.0303. The van der Waals surface area contributed by atoms with Crippen molar-refractivity contribution in [1.29, 1.82) is 0 Å². The van der Waals surface area contributed by atoms with E-state index in [4.69, 9.17) is 4.74 Å². The summed E-state index contributed by atoms with van der Waals surface area (Å²) in [7, 11) is 0. The number of aryl methyl sites for hydroxylation is 1. The number of morpholine rings is 1. The minimum absolute atomic E-state index is 0.0300. The second kappa shape index (κ2) is 5.35. The van der Waals surface area contributed by atoms with E-state index in [-0.39, 0.29) is 11.7 Å². The first-order chi connectivity index (χ1) is 11.1. The highest BCUT2D eigenvalue weighted by molar-refractivity contribution is 6.11. The summed E-state index contributed by atoms with van der Waals surface area (Å²) in [5.74, 6) is -0.301. The van der Waals surface area contributed by atoms with Crippen LogP contribution in [0.2, 0.25) is 0 Å². The summed E-state index contributed by atoms with van der Waals surface area (Å²) in [6.07, 6.45) is 0. The zero-order valence-electron chi connectivity index (χ0n) is 12.9. The fourth-order valence-corrected chi connectivity index (χ4v) is 3.18. The van der Waals surface area contributed by atoms with Crippen LogP contribution in [0.3, 0.4) is 0 Å². The molecule has 1 saturated heterocycles. The molecular formula is C18H17FN2O2. The molecule has 0 saturated carbocycles. The highest BCUT2D eigenvalue weighted by atomic mass is 19.1. The fraction of sp³-hybridized carbons (Fsp3) is 0.278. The Kier molecular flexibility index (Phi) is 3.31. The monoisotopic (exact) mass is 312 g/mol. The quantitative estimate of drug-likeness (QED) is 0.750. The van der Waals surface area contributed by atoms with Crippen LogP contribution in [0.4, 0.5) is 4.39 Å². The summed E-state index contributed by atoms with van der Waals surface area (Å²) in [6, 6.07) is 8.66. The lowest BCUT2D eigenvalue weighted by Crippen LogP contribution is -2.40. The molecule has 2 heterocycles. The first-order valence-corrected chi connectivity index (χ1v) is 7.73. The molecule has 1 fully saturated rings. The molecule has 0 bridgehead atoms. The molecule has 0 unspecified atom stereocenters. The third-order valence-electron chi connectivity index (χ3n) is 4.46. The van der Waals surface area contributed by atoms with Crippen molar-refractivity contribution in [2.75, 3.05) is 26.3 Å². The number of hydrogen-bond acceptors (Lipinski definition) is 2. The Labute approximate surface area is 132 Å². The molecule has 5 heteroatoms. The third kappa shape index (κ3) is 2.28. The van der Waals surface area contributed by atoms with E-state index in [1.165, 1.54) is 6.07 Å². The topological polar surface area (TPSA) is 45.3 Å². The SMILES string of the molecule is Cc1ccc(F)c2c1[nH]c1ccc(C(=O)N3CCOCC3)cc12. The summed E-state index contributed by atoms with van der Waals surface area (Å²) in [6.45, 7) is 4.26. The Hall–Kier alpha value is -2.40. The molecule has 0 spiro atoms. The Bertz CT molecular complexity index is 910. The highest BCUT2D eigenvalue weighted by Gasteiger charge is 2.20. The van der Waals surface area contributed by atoms with Gasteiger partial charge >= 0.3 is 0 Å². The van der Waals surface area contributed by atoms with Crippen LogP contribution in [-0.4, -0.2) is 42.1 Å². The van der Waals surface area contributed by atoms with E-state index in [0.29, 0.717) is 37.3 Å². The molecule has 3 aromatic rings. The zero-order chi connectivity index (χ0) is 16.0. The van der Waals surface area contributed by atoms with E-state index in [2.05, 4.69) is 4.98 Å². The Morgan fingerprint density at radius 1 is 1.22 bits per heavy atom. The molecule has 1 amide bonds. The van der Waals surface area contributed by atoms with Gasteiger partial charge < -0.3 is 14.6 Å². The van der Waals surface area contributed by atoms with Gasteiger partial charge in [-0.25, -0.2) is 4.39 Å². The number of aromatic nitrogens is 1. The molecular weight excluding hydrogens is 295 g/mol. The predicted molar refractivity (Wildman–Crippen MR) is 87.2 cm³/mol. The number of nitrogens with zero attached hydrogens (tertiary/aromatic N) is 1. The van der Waals surface area contributed by atoms with Gasteiger partial charge in [0.05, 0.1) is 18.7 Å². The minimum atomic E-state index is -0.271. The molecule has 1 aliphatic rings. The number of nitrogens with one attached hydrogen (secondary N) is 1. The Balaban J connectivity index is 1.85. The number of amides is 1. The molecule has 0 atom stereocenters. The number of ether oxygens (including phenoxy) is 1. The largest absolute Gasteiger partial charge is 0.378 e. The summed E-state index contributed by atoms with van der Waals surface area (Å²) in [4.78, 5) is 17.6. The van der Waals surface area contributed by atoms with Gasteiger partial charge in [0.15, 0.2) is 0 Å². The average molecular weight is 312 g/mol. The van der Waals surface area contributed by atoms with Gasteiger partial charge in [-0.2, -0.15) is 0 Å². The van der Waals surface area contributed by atoms with E-state index in [1.807, 2.05) is 13.0 Å². The smallest absolute Gasteiger partial charge is 0.254 e. The van der Waals surface area contributed by atoms with Crippen molar-refractivity contribution in [3.63, 3.8) is 0 Å². The summed E-state index contributed by atoms with van der Waals surface area (Å²) < 4.78 is 19.6. The van der Waals surface area contributed by atoms with Crippen LogP contribution >= 0.6 is 0 Å². The maximum atomic E-state index is 14.3. The lowest BCUT2D eigenvalue weighted by Gasteiger charge is -2.26. The third-order valence-corrected chi connectivity index (χ3v) is 4.46. The number of rotatable bonds is 1. The molecule has 4 rings (SSSR count). The summed E-state index contributed by atoms with van der Waals surface area (Å²) in [5.41, 5.74) is 3.20. The number of aromatic amines is 1. The average Bonchev–Trinajstić information content (AvgIpc) is 2.98. The van der Waals surface area contributed by atoms with Crippen LogP contribution in [0.5, 0.6) is 0 Å².